The first-order chi connectivity index (χ1) is 8.33. The van der Waals surface area contributed by atoms with Crippen molar-refractivity contribution < 1.29 is 0 Å². The molecule has 0 saturated carbocycles. The van der Waals surface area contributed by atoms with Crippen molar-refractivity contribution in [3.05, 3.63) is 0 Å². The summed E-state index contributed by atoms with van der Waals surface area (Å²) in [6, 6.07) is 0. The molecule has 5 heteroatoms. The zero-order chi connectivity index (χ0) is 14.3. The summed E-state index contributed by atoms with van der Waals surface area (Å²) in [5.41, 5.74) is 0. The van der Waals surface area contributed by atoms with E-state index < -0.39 is 17.2 Å². The number of hydrogen-bond donors (Lipinski definition) is 0. The van der Waals surface area contributed by atoms with Crippen LogP contribution >= 0.6 is 0 Å². The van der Waals surface area contributed by atoms with E-state index in [-0.39, 0.29) is 0 Å². The van der Waals surface area contributed by atoms with E-state index in [0.29, 0.717) is 0 Å². The fourth-order valence-corrected chi connectivity index (χ4v) is 12.6. The van der Waals surface area contributed by atoms with Crippen LogP contribution in [0.1, 0.15) is 27.7 Å². The molecule has 0 aliphatic heterocycles. The molecule has 18 heavy (non-hydrogen) atoms. The van der Waals surface area contributed by atoms with E-state index in [4.69, 9.17) is 0 Å². The monoisotopic (exact) mass is 289 g/mol. The molecule has 0 saturated heterocycles. The summed E-state index contributed by atoms with van der Waals surface area (Å²) in [6.45, 7) is 23.8. The maximum Gasteiger partial charge on any atom is 0.144 e. The average molecular weight is 290 g/mol. The van der Waals surface area contributed by atoms with Crippen molar-refractivity contribution in [3.63, 3.8) is 0 Å². The van der Waals surface area contributed by atoms with Gasteiger partial charge in [-0.05, 0) is 13.1 Å². The van der Waals surface area contributed by atoms with Crippen molar-refractivity contribution in [2.45, 2.75) is 53.9 Å². The van der Waals surface area contributed by atoms with Gasteiger partial charge < -0.3 is 4.90 Å². The minimum Gasteiger partial charge on any atom is -0.305 e. The molecule has 0 aromatic heterocycles. The topological polar surface area (TPSA) is 9.72 Å². The Bertz CT molecular complexity index is 214. The Morgan fingerprint density at radius 2 is 1.28 bits per heavy atom. The smallest absolute Gasteiger partial charge is 0.144 e. The SMILES string of the molecule is CCN(CC)C[Si](C)(C)N(N(CC)CC)[SiH](C)C. The van der Waals surface area contributed by atoms with Crippen LogP contribution in [0.15, 0.2) is 0 Å². The van der Waals surface area contributed by atoms with Crippen LogP contribution in [0.2, 0.25) is 26.2 Å². The van der Waals surface area contributed by atoms with Crippen LogP contribution in [0, 0.1) is 0 Å². The number of hydrogen-bond acceptors (Lipinski definition) is 3. The Hall–Kier alpha value is 0.314. The van der Waals surface area contributed by atoms with Gasteiger partial charge in [-0.1, -0.05) is 53.9 Å². The second kappa shape index (κ2) is 8.48. The predicted molar refractivity (Wildman–Crippen MR) is 88.9 cm³/mol. The Balaban J connectivity index is 4.96. The summed E-state index contributed by atoms with van der Waals surface area (Å²) >= 11 is 0. The van der Waals surface area contributed by atoms with Gasteiger partial charge in [0.25, 0.3) is 0 Å². The van der Waals surface area contributed by atoms with Gasteiger partial charge in [0.15, 0.2) is 0 Å². The third-order valence-corrected chi connectivity index (χ3v) is 11.3. The highest BCUT2D eigenvalue weighted by atomic mass is 28.4. The molecule has 0 heterocycles. The largest absolute Gasteiger partial charge is 0.305 e. The molecule has 0 amide bonds. The molecule has 0 rings (SSSR count). The molecule has 0 aromatic carbocycles. The highest BCUT2D eigenvalue weighted by Gasteiger charge is 2.35. The van der Waals surface area contributed by atoms with Crippen LogP contribution in [-0.4, -0.2) is 63.8 Å². The molecule has 0 bridgehead atoms. The van der Waals surface area contributed by atoms with Gasteiger partial charge in [0.2, 0.25) is 0 Å². The van der Waals surface area contributed by atoms with Crippen molar-refractivity contribution in [1.82, 2.24) is 14.2 Å². The van der Waals surface area contributed by atoms with E-state index in [1.165, 1.54) is 19.3 Å². The summed E-state index contributed by atoms with van der Waals surface area (Å²) in [5, 5.41) is 2.59. The fraction of sp³-hybridized carbons (Fsp3) is 1.00. The molecule has 0 fully saturated rings. The summed E-state index contributed by atoms with van der Waals surface area (Å²) in [7, 11) is -2.15. The van der Waals surface area contributed by atoms with Gasteiger partial charge in [-0.15, -0.1) is 0 Å². The van der Waals surface area contributed by atoms with Gasteiger partial charge in [0, 0.05) is 19.3 Å². The Labute approximate surface area is 118 Å². The van der Waals surface area contributed by atoms with Gasteiger partial charge in [-0.25, -0.2) is 0 Å². The fourth-order valence-electron chi connectivity index (χ4n) is 3.00. The molecule has 3 nitrogen and oxygen atoms in total. The van der Waals surface area contributed by atoms with Crippen LogP contribution in [0.4, 0.5) is 0 Å². The predicted octanol–water partition coefficient (Wildman–Crippen LogP) is 2.61. The molecular weight excluding hydrogens is 254 g/mol. The maximum absolute atomic E-state index is 2.84. The average Bonchev–Trinajstić information content (AvgIpc) is 2.31. The van der Waals surface area contributed by atoms with Gasteiger partial charge in [-0.2, -0.15) is 0 Å². The summed E-state index contributed by atoms with van der Waals surface area (Å²) in [5.74, 6) is 0. The standard InChI is InChI=1S/C13H35N3Si2/c1-9-14(10-2)13-18(7,8)16(17(5)6)15(11-3)12-4/h17H,9-13H2,1-8H3. The third-order valence-electron chi connectivity index (χ3n) is 3.65. The van der Waals surface area contributed by atoms with Gasteiger partial charge in [0.05, 0.1) is 0 Å². The summed E-state index contributed by atoms with van der Waals surface area (Å²) < 4.78 is 2.84. The Morgan fingerprint density at radius 3 is 1.56 bits per heavy atom. The summed E-state index contributed by atoms with van der Waals surface area (Å²) in [4.78, 5) is 2.60. The van der Waals surface area contributed by atoms with Crippen molar-refractivity contribution in [2.75, 3.05) is 32.3 Å². The van der Waals surface area contributed by atoms with Gasteiger partial charge in [0.1, 0.15) is 17.2 Å². The lowest BCUT2D eigenvalue weighted by molar-refractivity contribution is 0.134. The third kappa shape index (κ3) is 5.13. The second-order valence-electron chi connectivity index (χ2n) is 5.85. The van der Waals surface area contributed by atoms with Crippen LogP contribution in [-0.2, 0) is 0 Å². The molecule has 0 aliphatic rings. The van der Waals surface area contributed by atoms with E-state index in [2.05, 4.69) is 68.1 Å². The van der Waals surface area contributed by atoms with Crippen LogP contribution < -0.4 is 0 Å². The Kier molecular flexibility index (Phi) is 8.63. The molecule has 0 N–H and O–H groups in total. The number of nitrogens with zero attached hydrogens (tertiary/aromatic N) is 3. The van der Waals surface area contributed by atoms with E-state index in [9.17, 15) is 0 Å². The number of hydrazine groups is 1. The van der Waals surface area contributed by atoms with Gasteiger partial charge in [-0.3, -0.25) is 9.35 Å². The first-order valence-electron chi connectivity index (χ1n) is 7.60. The lowest BCUT2D eigenvalue weighted by Crippen LogP contribution is -2.66. The van der Waals surface area contributed by atoms with E-state index in [1.54, 1.807) is 0 Å². The number of rotatable bonds is 9. The first-order valence-corrected chi connectivity index (χ1v) is 13.6. The molecular formula is C13H35N3Si2. The maximum atomic E-state index is 2.84. The highest BCUT2D eigenvalue weighted by molar-refractivity contribution is 6.83. The zero-order valence-electron chi connectivity index (χ0n) is 14.0. The van der Waals surface area contributed by atoms with E-state index >= 15 is 0 Å². The Morgan fingerprint density at radius 1 is 0.833 bits per heavy atom. The summed E-state index contributed by atoms with van der Waals surface area (Å²) in [6.07, 6.45) is 1.29. The van der Waals surface area contributed by atoms with Crippen molar-refractivity contribution in [2.24, 2.45) is 0 Å². The lowest BCUT2D eigenvalue weighted by Gasteiger charge is -2.48. The molecule has 0 aromatic rings. The lowest BCUT2D eigenvalue weighted by atomic mass is 10.6. The minimum absolute atomic E-state index is 0.790. The van der Waals surface area contributed by atoms with Crippen LogP contribution in [0.5, 0.6) is 0 Å². The van der Waals surface area contributed by atoms with Crippen LogP contribution in [0.25, 0.3) is 0 Å². The normalized spacial score (nSPS) is 13.3. The first kappa shape index (κ1) is 18.3. The minimum atomic E-state index is -1.36. The quantitative estimate of drug-likeness (QED) is 0.477. The molecule has 0 atom stereocenters. The molecule has 0 aliphatic carbocycles. The van der Waals surface area contributed by atoms with Gasteiger partial charge >= 0.3 is 0 Å². The van der Waals surface area contributed by atoms with Crippen molar-refractivity contribution >= 4 is 17.2 Å². The highest BCUT2D eigenvalue weighted by Crippen LogP contribution is 2.17. The molecule has 0 spiro atoms. The molecule has 0 radical (unpaired) electrons. The molecule has 0 unspecified atom stereocenters. The van der Waals surface area contributed by atoms with Crippen molar-refractivity contribution in [3.8, 4) is 0 Å². The van der Waals surface area contributed by atoms with E-state index in [1.807, 2.05) is 0 Å². The second-order valence-corrected chi connectivity index (χ2v) is 13.4. The van der Waals surface area contributed by atoms with Crippen LogP contribution in [0.3, 0.4) is 0 Å². The van der Waals surface area contributed by atoms with E-state index in [0.717, 1.165) is 13.1 Å². The molecule has 110 valence electrons. The van der Waals surface area contributed by atoms with Crippen molar-refractivity contribution in [1.29, 1.82) is 0 Å². The zero-order valence-corrected chi connectivity index (χ0v) is 16.1.